The Hall–Kier alpha value is -5.24. The maximum atomic E-state index is 12.7. The third-order valence-corrected chi connectivity index (χ3v) is 21.8. The van der Waals surface area contributed by atoms with E-state index in [0.717, 1.165) is 48.0 Å². The predicted molar refractivity (Wildman–Crippen MR) is 330 cm³/mol. The lowest BCUT2D eigenvalue weighted by atomic mass is 9.65. The van der Waals surface area contributed by atoms with Crippen LogP contribution < -0.4 is 0 Å². The van der Waals surface area contributed by atoms with Crippen molar-refractivity contribution >= 4 is 76.7 Å². The average molecular weight is 1080 g/mol. The minimum atomic E-state index is -0.645. The van der Waals surface area contributed by atoms with Gasteiger partial charge in [0, 0.05) is 30.3 Å². The van der Waals surface area contributed by atoms with E-state index in [-0.39, 0.29) is 0 Å². The number of rotatable bonds is 26. The van der Waals surface area contributed by atoms with Gasteiger partial charge in [-0.3, -0.25) is 9.59 Å². The van der Waals surface area contributed by atoms with Crippen molar-refractivity contribution < 1.29 is 9.59 Å². The minimum absolute atomic E-state index is 0.645. The summed E-state index contributed by atoms with van der Waals surface area (Å²) in [5, 5.41) is 0. The Morgan fingerprint density at radius 1 is 0.355 bits per heavy atom. The van der Waals surface area contributed by atoms with Crippen LogP contribution in [-0.2, 0) is 36.5 Å². The fraction of sp³-hybridized carbons (Fsp3) is 0.371. The van der Waals surface area contributed by atoms with Crippen molar-refractivity contribution in [1.29, 1.82) is 0 Å². The van der Waals surface area contributed by atoms with Crippen LogP contribution >= 0.6 is 45.3 Å². The molecule has 4 aromatic heterocycles. The first-order chi connectivity index (χ1) is 37.4. The van der Waals surface area contributed by atoms with E-state index in [2.05, 4.69) is 149 Å². The molecule has 0 radical (unpaired) electrons. The highest BCUT2D eigenvalue weighted by Gasteiger charge is 2.54. The molecule has 0 fully saturated rings. The molecule has 0 bridgehead atoms. The molecule has 9 aromatic rings. The van der Waals surface area contributed by atoms with Crippen LogP contribution in [-0.4, -0.2) is 12.6 Å². The van der Waals surface area contributed by atoms with Gasteiger partial charge in [-0.15, -0.1) is 45.3 Å². The highest BCUT2D eigenvalue weighted by atomic mass is 32.1. The highest BCUT2D eigenvalue weighted by molar-refractivity contribution is 7.31. The number of carbonyl (C=O) groups is 2. The number of aryl methyl sites for hydroxylation is 4. The van der Waals surface area contributed by atoms with Gasteiger partial charge in [0.15, 0.2) is 12.6 Å². The fourth-order valence-corrected chi connectivity index (χ4v) is 18.3. The van der Waals surface area contributed by atoms with Gasteiger partial charge in [0.1, 0.15) is 0 Å². The van der Waals surface area contributed by atoms with Crippen LogP contribution in [0.25, 0.3) is 39.7 Å². The number of carbonyl (C=O) groups excluding carboxylic acids is 2. The summed E-state index contributed by atoms with van der Waals surface area (Å²) in [4.78, 5) is 29.6. The topological polar surface area (TPSA) is 34.1 Å². The number of thiophene rings is 4. The lowest BCUT2D eigenvalue weighted by molar-refractivity contribution is 0.111. The fourth-order valence-electron chi connectivity index (χ4n) is 13.1. The molecular formula is C70H74O2S4. The quantitative estimate of drug-likeness (QED) is 0.0400. The van der Waals surface area contributed by atoms with E-state index in [1.165, 1.54) is 209 Å². The van der Waals surface area contributed by atoms with Crippen molar-refractivity contribution in [1.82, 2.24) is 0 Å². The number of fused-ring (bicyclic) bond motifs is 10. The molecule has 0 spiro atoms. The van der Waals surface area contributed by atoms with Crippen LogP contribution in [0.1, 0.15) is 217 Å². The molecule has 11 rings (SSSR count). The van der Waals surface area contributed by atoms with Gasteiger partial charge in [-0.05, 0) is 142 Å². The Morgan fingerprint density at radius 3 is 0.908 bits per heavy atom. The van der Waals surface area contributed by atoms with Crippen LogP contribution in [0, 0.1) is 0 Å². The van der Waals surface area contributed by atoms with E-state index in [4.69, 9.17) is 0 Å². The second kappa shape index (κ2) is 23.4. The number of aldehydes is 2. The summed E-state index contributed by atoms with van der Waals surface area (Å²) in [5.74, 6) is 0. The zero-order valence-corrected chi connectivity index (χ0v) is 48.6. The van der Waals surface area contributed by atoms with Crippen molar-refractivity contribution in [2.45, 2.75) is 167 Å². The Morgan fingerprint density at radius 2 is 0.645 bits per heavy atom. The summed E-state index contributed by atoms with van der Waals surface area (Å²) in [5.41, 5.74) is 17.2. The van der Waals surface area contributed by atoms with Crippen LogP contribution in [0.4, 0.5) is 0 Å². The van der Waals surface area contributed by atoms with Gasteiger partial charge in [-0.2, -0.15) is 0 Å². The molecule has 0 N–H and O–H groups in total. The first kappa shape index (κ1) is 52.8. The Kier molecular flexibility index (Phi) is 16.2. The van der Waals surface area contributed by atoms with Gasteiger partial charge in [-0.1, -0.05) is 202 Å². The summed E-state index contributed by atoms with van der Waals surface area (Å²) in [6, 6.07) is 48.4. The van der Waals surface area contributed by atoms with Crippen LogP contribution in [0.15, 0.2) is 121 Å². The van der Waals surface area contributed by atoms with Gasteiger partial charge in [-0.25, -0.2) is 0 Å². The van der Waals surface area contributed by atoms with E-state index in [1.54, 1.807) is 22.7 Å². The zero-order valence-electron chi connectivity index (χ0n) is 45.3. The van der Waals surface area contributed by atoms with E-state index in [0.29, 0.717) is 0 Å². The molecule has 4 heterocycles. The molecule has 0 saturated heterocycles. The Bertz CT molecular complexity index is 3100. The first-order valence-electron chi connectivity index (χ1n) is 29.0. The van der Waals surface area contributed by atoms with Crippen LogP contribution in [0.2, 0.25) is 0 Å². The molecule has 0 unspecified atom stereocenters. The molecule has 2 aliphatic carbocycles. The molecule has 0 atom stereocenters. The summed E-state index contributed by atoms with van der Waals surface area (Å²) < 4.78 is 4.81. The standard InChI is InChI=1S/C70H74O2S4/c1-5-9-13-17-21-47-25-33-51(34-26-47)69(52-35-27-48(28-36-52)22-18-14-10-6-2)59-43-58-60(44-57(59)65-63(69)67-61(75-65)41-55(45-71)73-67)70(53-37-29-49(30-38-53)23-19-15-11-7-3,54-39-31-50(32-40-54)24-20-16-12-8-4)64-66(58)76-62-42-56(46-72)74-68(62)64/h25-46H,5-24H2,1-4H3. The van der Waals surface area contributed by atoms with Gasteiger partial charge >= 0.3 is 0 Å². The normalized spacial score (nSPS) is 13.8. The number of hydrogen-bond acceptors (Lipinski definition) is 6. The van der Waals surface area contributed by atoms with E-state index in [9.17, 15) is 9.59 Å². The Balaban J connectivity index is 1.18. The average Bonchev–Trinajstić information content (AvgIpc) is 4.44. The van der Waals surface area contributed by atoms with E-state index >= 15 is 0 Å². The second-order valence-corrected chi connectivity index (χ2v) is 26.3. The smallest absolute Gasteiger partial charge is 0.160 e. The molecule has 76 heavy (non-hydrogen) atoms. The second-order valence-electron chi connectivity index (χ2n) is 22.0. The summed E-state index contributed by atoms with van der Waals surface area (Å²) in [6.07, 6.45) is 26.3. The minimum Gasteiger partial charge on any atom is -0.297 e. The van der Waals surface area contributed by atoms with Crippen molar-refractivity contribution in [3.05, 3.63) is 198 Å². The molecule has 390 valence electrons. The monoisotopic (exact) mass is 1070 g/mol. The van der Waals surface area contributed by atoms with Crippen molar-refractivity contribution in [2.75, 3.05) is 0 Å². The van der Waals surface area contributed by atoms with Gasteiger partial charge in [0.05, 0.1) is 30.0 Å². The first-order valence-corrected chi connectivity index (χ1v) is 32.3. The third-order valence-electron chi connectivity index (χ3n) is 17.0. The van der Waals surface area contributed by atoms with Gasteiger partial charge in [0.25, 0.3) is 0 Å². The number of hydrogen-bond donors (Lipinski definition) is 0. The van der Waals surface area contributed by atoms with Crippen LogP contribution in [0.3, 0.4) is 0 Å². The van der Waals surface area contributed by atoms with Crippen LogP contribution in [0.5, 0.6) is 0 Å². The van der Waals surface area contributed by atoms with Crippen molar-refractivity contribution in [3.63, 3.8) is 0 Å². The molecule has 5 aromatic carbocycles. The lowest BCUT2D eigenvalue weighted by Gasteiger charge is -2.36. The number of benzene rings is 5. The van der Waals surface area contributed by atoms with Crippen molar-refractivity contribution in [2.24, 2.45) is 0 Å². The Labute approximate surface area is 468 Å². The molecule has 2 aliphatic rings. The maximum absolute atomic E-state index is 12.7. The molecule has 6 heteroatoms. The summed E-state index contributed by atoms with van der Waals surface area (Å²) >= 11 is 7.07. The maximum Gasteiger partial charge on any atom is 0.160 e. The predicted octanol–water partition coefficient (Wildman–Crippen LogP) is 21.1. The molecule has 2 nitrogen and oxygen atoms in total. The summed E-state index contributed by atoms with van der Waals surface area (Å²) in [7, 11) is 0. The largest absolute Gasteiger partial charge is 0.297 e. The highest BCUT2D eigenvalue weighted by Crippen LogP contribution is 2.68. The SMILES string of the molecule is CCCCCCc1ccc(C2(c3ccc(CCCCCC)cc3)c3cc4c(cc3-c3sc5cc(C=O)sc5c32)C(c2ccc(CCCCCC)cc2)(c2ccc(CCCCCC)cc2)c2c-4sc3cc(C=O)sc23)cc1. The number of unbranched alkanes of at least 4 members (excludes halogenated alkanes) is 12. The molecule has 0 amide bonds. The summed E-state index contributed by atoms with van der Waals surface area (Å²) in [6.45, 7) is 9.15. The molecule has 0 saturated carbocycles. The molecule has 0 aliphatic heterocycles. The van der Waals surface area contributed by atoms with E-state index < -0.39 is 10.8 Å². The van der Waals surface area contributed by atoms with Gasteiger partial charge < -0.3 is 0 Å². The van der Waals surface area contributed by atoms with Crippen molar-refractivity contribution in [3.8, 4) is 20.9 Å². The van der Waals surface area contributed by atoms with Gasteiger partial charge in [0.2, 0.25) is 0 Å². The van der Waals surface area contributed by atoms with E-state index in [1.807, 2.05) is 22.7 Å². The zero-order chi connectivity index (χ0) is 52.2. The molecular weight excluding hydrogens is 1000 g/mol. The third kappa shape index (κ3) is 9.45. The lowest BCUT2D eigenvalue weighted by Crippen LogP contribution is -2.30.